The van der Waals surface area contributed by atoms with Crippen molar-refractivity contribution in [3.8, 4) is 11.1 Å². The van der Waals surface area contributed by atoms with E-state index in [1.54, 1.807) is 12.3 Å². The summed E-state index contributed by atoms with van der Waals surface area (Å²) in [6.45, 7) is 1.37. The SMILES string of the molecule is Nc1cc(-c2cccc3cc[nH]c23)c(Cl)cn1.OC1CCCOC1. The second-order valence-corrected chi connectivity index (χ2v) is 6.11. The van der Waals surface area contributed by atoms with Gasteiger partial charge < -0.3 is 20.6 Å². The number of aromatic amines is 1. The number of aliphatic hydroxyl groups is 1. The maximum atomic E-state index is 8.78. The number of para-hydroxylation sites is 1. The molecule has 0 aliphatic carbocycles. The lowest BCUT2D eigenvalue weighted by Gasteiger charge is -2.15. The Morgan fingerprint density at radius 3 is 2.88 bits per heavy atom. The molecular weight excluding hydrogens is 326 g/mol. The van der Waals surface area contributed by atoms with E-state index in [0.29, 0.717) is 17.4 Å². The van der Waals surface area contributed by atoms with E-state index in [0.717, 1.165) is 41.5 Å². The fourth-order valence-corrected chi connectivity index (χ4v) is 2.90. The third-order valence-corrected chi connectivity index (χ3v) is 4.19. The summed E-state index contributed by atoms with van der Waals surface area (Å²) in [6.07, 6.45) is 5.23. The molecule has 1 aromatic carbocycles. The number of nitrogens with one attached hydrogen (secondary N) is 1. The van der Waals surface area contributed by atoms with Gasteiger partial charge in [-0.15, -0.1) is 0 Å². The number of halogens is 1. The normalized spacial score (nSPS) is 17.3. The zero-order chi connectivity index (χ0) is 16.9. The molecule has 0 saturated carbocycles. The fraction of sp³-hybridized carbons (Fsp3) is 0.278. The zero-order valence-corrected chi connectivity index (χ0v) is 14.0. The Balaban J connectivity index is 0.000000203. The first-order chi connectivity index (χ1) is 11.6. The Morgan fingerprint density at radius 2 is 2.17 bits per heavy atom. The van der Waals surface area contributed by atoms with Crippen molar-refractivity contribution in [1.82, 2.24) is 9.97 Å². The van der Waals surface area contributed by atoms with Gasteiger partial charge >= 0.3 is 0 Å². The topological polar surface area (TPSA) is 84.2 Å². The van der Waals surface area contributed by atoms with E-state index < -0.39 is 0 Å². The molecular formula is C18H20ClN3O2. The molecule has 2 aromatic heterocycles. The van der Waals surface area contributed by atoms with Gasteiger partial charge in [-0.25, -0.2) is 4.98 Å². The van der Waals surface area contributed by atoms with Crippen molar-refractivity contribution in [3.05, 3.63) is 47.7 Å². The highest BCUT2D eigenvalue weighted by molar-refractivity contribution is 6.33. The van der Waals surface area contributed by atoms with Crippen LogP contribution in [0.3, 0.4) is 0 Å². The van der Waals surface area contributed by atoms with Crippen LogP contribution < -0.4 is 5.73 Å². The lowest BCUT2D eigenvalue weighted by atomic mass is 10.0. The molecule has 1 atom stereocenters. The van der Waals surface area contributed by atoms with Crippen LogP contribution in [0.5, 0.6) is 0 Å². The molecule has 1 aliphatic rings. The summed E-state index contributed by atoms with van der Waals surface area (Å²) < 4.78 is 4.93. The number of nitrogens with zero attached hydrogens (tertiary/aromatic N) is 1. The van der Waals surface area contributed by atoms with E-state index in [1.165, 1.54) is 0 Å². The van der Waals surface area contributed by atoms with Crippen LogP contribution >= 0.6 is 11.6 Å². The molecule has 1 unspecified atom stereocenters. The summed E-state index contributed by atoms with van der Waals surface area (Å²) in [5.41, 5.74) is 8.69. The fourth-order valence-electron chi connectivity index (χ4n) is 2.69. The average molecular weight is 346 g/mol. The number of H-pyrrole nitrogens is 1. The number of aliphatic hydroxyl groups excluding tert-OH is 1. The van der Waals surface area contributed by atoms with Crippen LogP contribution in [0.15, 0.2) is 42.7 Å². The minimum atomic E-state index is -0.186. The van der Waals surface area contributed by atoms with Gasteiger partial charge in [-0.1, -0.05) is 29.8 Å². The van der Waals surface area contributed by atoms with Gasteiger partial charge in [-0.05, 0) is 30.4 Å². The molecule has 126 valence electrons. The first-order valence-corrected chi connectivity index (χ1v) is 8.26. The molecule has 6 heteroatoms. The number of hydrogen-bond acceptors (Lipinski definition) is 4. The molecule has 1 aliphatic heterocycles. The van der Waals surface area contributed by atoms with Gasteiger partial charge in [0.15, 0.2) is 0 Å². The van der Waals surface area contributed by atoms with E-state index in [4.69, 9.17) is 27.2 Å². The van der Waals surface area contributed by atoms with Gasteiger partial charge in [0, 0.05) is 30.1 Å². The molecule has 0 amide bonds. The number of pyridine rings is 1. The smallest absolute Gasteiger partial charge is 0.124 e. The van der Waals surface area contributed by atoms with Gasteiger partial charge in [0.25, 0.3) is 0 Å². The summed E-state index contributed by atoms with van der Waals surface area (Å²) in [5, 5.41) is 10.5. The summed E-state index contributed by atoms with van der Waals surface area (Å²) >= 11 is 6.17. The number of nitrogen functional groups attached to an aromatic ring is 1. The quantitative estimate of drug-likeness (QED) is 0.629. The van der Waals surface area contributed by atoms with Crippen molar-refractivity contribution in [2.45, 2.75) is 18.9 Å². The monoisotopic (exact) mass is 345 g/mol. The Kier molecular flexibility index (Phi) is 5.35. The summed E-state index contributed by atoms with van der Waals surface area (Å²) in [6, 6.07) is 9.88. The van der Waals surface area contributed by atoms with Crippen molar-refractivity contribution in [2.24, 2.45) is 0 Å². The number of anilines is 1. The number of nitrogens with two attached hydrogens (primary N) is 1. The van der Waals surface area contributed by atoms with Crippen LogP contribution in [0, 0.1) is 0 Å². The Bertz CT molecular complexity index is 813. The number of ether oxygens (including phenoxy) is 1. The third kappa shape index (κ3) is 3.87. The molecule has 0 bridgehead atoms. The Labute approximate surface area is 145 Å². The molecule has 3 heterocycles. The molecule has 3 aromatic rings. The van der Waals surface area contributed by atoms with E-state index in [-0.39, 0.29) is 6.10 Å². The predicted molar refractivity (Wildman–Crippen MR) is 97.0 cm³/mol. The Hall–Kier alpha value is -2.08. The summed E-state index contributed by atoms with van der Waals surface area (Å²) in [4.78, 5) is 7.18. The number of benzene rings is 1. The predicted octanol–water partition coefficient (Wildman–Crippen LogP) is 3.62. The van der Waals surface area contributed by atoms with Crippen molar-refractivity contribution >= 4 is 28.3 Å². The van der Waals surface area contributed by atoms with Crippen molar-refractivity contribution in [2.75, 3.05) is 18.9 Å². The lowest BCUT2D eigenvalue weighted by Crippen LogP contribution is -2.21. The zero-order valence-electron chi connectivity index (χ0n) is 13.2. The van der Waals surface area contributed by atoms with Gasteiger partial charge in [0.05, 0.1) is 23.3 Å². The molecule has 5 nitrogen and oxygen atoms in total. The first kappa shape index (κ1) is 16.8. The highest BCUT2D eigenvalue weighted by Gasteiger charge is 2.09. The van der Waals surface area contributed by atoms with Crippen molar-refractivity contribution in [1.29, 1.82) is 0 Å². The van der Waals surface area contributed by atoms with Gasteiger partial charge in [-0.2, -0.15) is 0 Å². The molecule has 24 heavy (non-hydrogen) atoms. The number of hydrogen-bond donors (Lipinski definition) is 3. The molecule has 1 saturated heterocycles. The highest BCUT2D eigenvalue weighted by Crippen LogP contribution is 2.33. The van der Waals surface area contributed by atoms with Crippen LogP contribution in [0.25, 0.3) is 22.0 Å². The van der Waals surface area contributed by atoms with E-state index in [9.17, 15) is 0 Å². The van der Waals surface area contributed by atoms with Crippen LogP contribution in [0.2, 0.25) is 5.02 Å². The highest BCUT2D eigenvalue weighted by atomic mass is 35.5. The molecule has 0 spiro atoms. The second-order valence-electron chi connectivity index (χ2n) is 5.71. The molecule has 0 radical (unpaired) electrons. The van der Waals surface area contributed by atoms with Crippen LogP contribution in [-0.2, 0) is 4.74 Å². The Morgan fingerprint density at radius 1 is 1.29 bits per heavy atom. The van der Waals surface area contributed by atoms with Crippen molar-refractivity contribution < 1.29 is 9.84 Å². The van der Waals surface area contributed by atoms with Gasteiger partial charge in [-0.3, -0.25) is 0 Å². The summed E-state index contributed by atoms with van der Waals surface area (Å²) in [5.74, 6) is 0.466. The minimum Gasteiger partial charge on any atom is -0.391 e. The third-order valence-electron chi connectivity index (χ3n) is 3.89. The van der Waals surface area contributed by atoms with Gasteiger partial charge in [0.1, 0.15) is 5.82 Å². The average Bonchev–Trinajstić information content (AvgIpc) is 3.07. The van der Waals surface area contributed by atoms with Crippen molar-refractivity contribution in [3.63, 3.8) is 0 Å². The largest absolute Gasteiger partial charge is 0.391 e. The standard InChI is InChI=1S/C13H10ClN3.C5H10O2/c14-11-7-17-12(15)6-10(11)9-3-1-2-8-4-5-16-13(8)9;6-5-2-1-3-7-4-5/h1-7,16H,(H2,15,17);5-6H,1-4H2. The lowest BCUT2D eigenvalue weighted by molar-refractivity contribution is -0.00535. The number of rotatable bonds is 1. The summed E-state index contributed by atoms with van der Waals surface area (Å²) in [7, 11) is 0. The maximum absolute atomic E-state index is 8.78. The van der Waals surface area contributed by atoms with E-state index in [2.05, 4.69) is 9.97 Å². The second kappa shape index (κ2) is 7.66. The van der Waals surface area contributed by atoms with Crippen LogP contribution in [0.1, 0.15) is 12.8 Å². The maximum Gasteiger partial charge on any atom is 0.124 e. The molecule has 4 rings (SSSR count). The molecule has 4 N–H and O–H groups in total. The molecule has 1 fully saturated rings. The number of fused-ring (bicyclic) bond motifs is 1. The van der Waals surface area contributed by atoms with Crippen LogP contribution in [0.4, 0.5) is 5.82 Å². The first-order valence-electron chi connectivity index (χ1n) is 7.88. The van der Waals surface area contributed by atoms with E-state index in [1.807, 2.05) is 30.5 Å². The van der Waals surface area contributed by atoms with E-state index >= 15 is 0 Å². The van der Waals surface area contributed by atoms with Gasteiger partial charge in [0.2, 0.25) is 0 Å². The van der Waals surface area contributed by atoms with Crippen LogP contribution in [-0.4, -0.2) is 34.4 Å². The number of aromatic nitrogens is 2. The minimum absolute atomic E-state index is 0.186.